The van der Waals surface area contributed by atoms with E-state index in [1.54, 1.807) is 13.2 Å². The van der Waals surface area contributed by atoms with Gasteiger partial charge in [-0.05, 0) is 50.6 Å². The average Bonchev–Trinajstić information content (AvgIpc) is 2.98. The molecule has 2 aliphatic rings. The molecule has 0 aromatic heterocycles. The second-order valence-electron chi connectivity index (χ2n) is 7.20. The third kappa shape index (κ3) is 3.08. The molecule has 140 valence electrons. The molecule has 0 aliphatic carbocycles. The van der Waals surface area contributed by atoms with E-state index in [-0.39, 0.29) is 5.78 Å². The summed E-state index contributed by atoms with van der Waals surface area (Å²) in [6, 6.07) is 9.83. The Morgan fingerprint density at radius 3 is 2.78 bits per heavy atom. The lowest BCUT2D eigenvalue weighted by molar-refractivity contribution is 0.0678. The van der Waals surface area contributed by atoms with E-state index < -0.39 is 0 Å². The van der Waals surface area contributed by atoms with Gasteiger partial charge in [0.25, 0.3) is 0 Å². The minimum atomic E-state index is -0.0969. The summed E-state index contributed by atoms with van der Waals surface area (Å²) < 4.78 is 17.2. The summed E-state index contributed by atoms with van der Waals surface area (Å²) in [7, 11) is 1.62. The Kier molecular flexibility index (Phi) is 4.40. The van der Waals surface area contributed by atoms with E-state index >= 15 is 0 Å². The number of nitrogens with zero attached hydrogens (tertiary/aromatic N) is 1. The smallest absolute Gasteiger partial charge is 0.231 e. The van der Waals surface area contributed by atoms with Crippen LogP contribution < -0.4 is 14.2 Å². The van der Waals surface area contributed by atoms with Crippen LogP contribution in [-0.2, 0) is 6.54 Å². The second kappa shape index (κ2) is 6.74. The Labute approximate surface area is 159 Å². The highest BCUT2D eigenvalue weighted by atomic mass is 16.5. The largest absolute Gasteiger partial charge is 0.497 e. The SMILES string of the molecule is COc1cccc(/C=C2\Oc3c(cc4c(c3C)OCN(C(C)C)C4)C2=O)c1. The van der Waals surface area contributed by atoms with Crippen molar-refractivity contribution in [3.63, 3.8) is 0 Å². The van der Waals surface area contributed by atoms with Crippen molar-refractivity contribution >= 4 is 11.9 Å². The molecule has 0 fully saturated rings. The average molecular weight is 365 g/mol. The molecule has 0 amide bonds. The lowest BCUT2D eigenvalue weighted by atomic mass is 9.99. The van der Waals surface area contributed by atoms with Crippen LogP contribution in [0.4, 0.5) is 0 Å². The first-order valence-electron chi connectivity index (χ1n) is 9.09. The van der Waals surface area contributed by atoms with Crippen molar-refractivity contribution < 1.29 is 19.0 Å². The van der Waals surface area contributed by atoms with Crippen LogP contribution in [0, 0.1) is 6.92 Å². The van der Waals surface area contributed by atoms with Crippen molar-refractivity contribution in [1.29, 1.82) is 0 Å². The molecule has 0 unspecified atom stereocenters. The third-order valence-electron chi connectivity index (χ3n) is 5.09. The van der Waals surface area contributed by atoms with Gasteiger partial charge in [0.1, 0.15) is 24.0 Å². The van der Waals surface area contributed by atoms with Crippen molar-refractivity contribution in [1.82, 2.24) is 4.90 Å². The number of carbonyl (C=O) groups is 1. The van der Waals surface area contributed by atoms with Gasteiger partial charge in [0.05, 0.1) is 12.7 Å². The summed E-state index contributed by atoms with van der Waals surface area (Å²) in [5.74, 6) is 2.40. The van der Waals surface area contributed by atoms with Gasteiger partial charge in [-0.15, -0.1) is 0 Å². The van der Waals surface area contributed by atoms with Gasteiger partial charge in [0.15, 0.2) is 5.76 Å². The van der Waals surface area contributed by atoms with Gasteiger partial charge >= 0.3 is 0 Å². The molecule has 2 aromatic carbocycles. The Bertz CT molecular complexity index is 946. The minimum Gasteiger partial charge on any atom is -0.497 e. The van der Waals surface area contributed by atoms with E-state index in [0.717, 1.165) is 34.7 Å². The summed E-state index contributed by atoms with van der Waals surface area (Å²) in [5, 5.41) is 0. The van der Waals surface area contributed by atoms with E-state index in [1.807, 2.05) is 37.3 Å². The van der Waals surface area contributed by atoms with Crippen LogP contribution in [0.3, 0.4) is 0 Å². The highest BCUT2D eigenvalue weighted by Crippen LogP contribution is 2.43. The molecule has 5 heteroatoms. The first-order valence-corrected chi connectivity index (χ1v) is 9.09. The van der Waals surface area contributed by atoms with Crippen LogP contribution in [0.2, 0.25) is 0 Å². The number of hydrogen-bond acceptors (Lipinski definition) is 5. The molecule has 0 spiro atoms. The zero-order valence-corrected chi connectivity index (χ0v) is 16.0. The molecule has 0 saturated heterocycles. The van der Waals surface area contributed by atoms with Crippen molar-refractivity contribution in [2.45, 2.75) is 33.4 Å². The van der Waals surface area contributed by atoms with Crippen molar-refractivity contribution in [2.75, 3.05) is 13.8 Å². The number of Topliss-reactive ketones (excluding diaryl/α,β-unsaturated/α-hetero) is 1. The zero-order valence-electron chi connectivity index (χ0n) is 16.0. The summed E-state index contributed by atoms with van der Waals surface area (Å²) in [6.45, 7) is 7.54. The normalized spacial score (nSPS) is 17.5. The number of fused-ring (bicyclic) bond motifs is 2. The molecule has 2 aromatic rings. The van der Waals surface area contributed by atoms with Gasteiger partial charge in [-0.25, -0.2) is 0 Å². The fraction of sp³-hybridized carbons (Fsp3) is 0.318. The Balaban J connectivity index is 1.70. The lowest BCUT2D eigenvalue weighted by Crippen LogP contribution is -2.37. The summed E-state index contributed by atoms with van der Waals surface area (Å²) in [4.78, 5) is 15.2. The molecule has 2 heterocycles. The number of methoxy groups -OCH3 is 1. The quantitative estimate of drug-likeness (QED) is 0.764. The number of rotatable bonds is 3. The number of allylic oxidation sites excluding steroid dienone is 1. The predicted octanol–water partition coefficient (Wildman–Crippen LogP) is 4.18. The van der Waals surface area contributed by atoms with Gasteiger partial charge in [0.2, 0.25) is 5.78 Å². The second-order valence-corrected chi connectivity index (χ2v) is 7.20. The highest BCUT2D eigenvalue weighted by Gasteiger charge is 2.33. The Morgan fingerprint density at radius 1 is 1.22 bits per heavy atom. The Morgan fingerprint density at radius 2 is 2.04 bits per heavy atom. The number of benzene rings is 2. The van der Waals surface area contributed by atoms with Crippen LogP contribution in [0.15, 0.2) is 36.1 Å². The maximum atomic E-state index is 12.9. The highest BCUT2D eigenvalue weighted by molar-refractivity contribution is 6.15. The number of ether oxygens (including phenoxy) is 3. The minimum absolute atomic E-state index is 0.0969. The summed E-state index contributed by atoms with van der Waals surface area (Å²) in [5.41, 5.74) is 3.38. The van der Waals surface area contributed by atoms with Crippen LogP contribution in [0.1, 0.15) is 40.9 Å². The van der Waals surface area contributed by atoms with E-state index in [1.165, 1.54) is 0 Å². The van der Waals surface area contributed by atoms with Gasteiger partial charge in [-0.2, -0.15) is 0 Å². The maximum absolute atomic E-state index is 12.9. The third-order valence-corrected chi connectivity index (χ3v) is 5.09. The van der Waals surface area contributed by atoms with Crippen molar-refractivity contribution in [3.8, 4) is 17.2 Å². The van der Waals surface area contributed by atoms with Gasteiger partial charge in [-0.3, -0.25) is 9.69 Å². The van der Waals surface area contributed by atoms with Gasteiger partial charge in [0, 0.05) is 23.7 Å². The molecule has 4 rings (SSSR count). The van der Waals surface area contributed by atoms with E-state index in [9.17, 15) is 4.79 Å². The van der Waals surface area contributed by atoms with E-state index in [4.69, 9.17) is 14.2 Å². The topological polar surface area (TPSA) is 48.0 Å². The van der Waals surface area contributed by atoms with Gasteiger partial charge in [-0.1, -0.05) is 12.1 Å². The van der Waals surface area contributed by atoms with Crippen LogP contribution >= 0.6 is 0 Å². The fourth-order valence-corrected chi connectivity index (χ4v) is 3.48. The molecular weight excluding hydrogens is 342 g/mol. The molecule has 0 saturated carbocycles. The predicted molar refractivity (Wildman–Crippen MR) is 103 cm³/mol. The molecule has 2 aliphatic heterocycles. The van der Waals surface area contributed by atoms with Crippen molar-refractivity contribution in [3.05, 3.63) is 58.3 Å². The standard InChI is InChI=1S/C22H23NO4/c1-13(2)23-11-16-10-18-20(24)19(9-15-6-5-7-17(8-15)25-4)27-22(18)14(3)21(16)26-12-23/h5-10,13H,11-12H2,1-4H3/b19-9-. The fourth-order valence-electron chi connectivity index (χ4n) is 3.48. The molecule has 0 N–H and O–H groups in total. The van der Waals surface area contributed by atoms with Crippen molar-refractivity contribution in [2.24, 2.45) is 0 Å². The first kappa shape index (κ1) is 17.6. The van der Waals surface area contributed by atoms with Gasteiger partial charge < -0.3 is 14.2 Å². The Hall–Kier alpha value is -2.79. The molecule has 27 heavy (non-hydrogen) atoms. The number of hydrogen-bond donors (Lipinski definition) is 0. The first-order chi connectivity index (χ1) is 13.0. The molecule has 0 radical (unpaired) electrons. The number of ketones is 1. The summed E-state index contributed by atoms with van der Waals surface area (Å²) >= 11 is 0. The van der Waals surface area contributed by atoms with E-state index in [2.05, 4.69) is 18.7 Å². The number of carbonyl (C=O) groups excluding carboxylic acids is 1. The van der Waals surface area contributed by atoms with E-state index in [0.29, 0.717) is 29.8 Å². The monoisotopic (exact) mass is 365 g/mol. The van der Waals surface area contributed by atoms with Crippen LogP contribution in [-0.4, -0.2) is 30.6 Å². The van der Waals surface area contributed by atoms with Crippen LogP contribution in [0.5, 0.6) is 17.2 Å². The zero-order chi connectivity index (χ0) is 19.1. The lowest BCUT2D eigenvalue weighted by Gasteiger charge is -2.32. The molecular formula is C22H23NO4. The maximum Gasteiger partial charge on any atom is 0.231 e. The molecule has 0 bridgehead atoms. The van der Waals surface area contributed by atoms with Crippen LogP contribution in [0.25, 0.3) is 6.08 Å². The molecule has 5 nitrogen and oxygen atoms in total. The summed E-state index contributed by atoms with van der Waals surface area (Å²) in [6.07, 6.45) is 1.75. The molecule has 0 atom stereocenters.